The van der Waals surface area contributed by atoms with Crippen LogP contribution >= 0.6 is 15.9 Å². The van der Waals surface area contributed by atoms with Crippen LogP contribution in [0.3, 0.4) is 0 Å². The van der Waals surface area contributed by atoms with Crippen molar-refractivity contribution in [3.8, 4) is 5.75 Å². The van der Waals surface area contributed by atoms with Crippen molar-refractivity contribution in [3.05, 3.63) is 28.2 Å². The SMILES string of the molecule is NCC(=O)c1ccc(OC2CCC2)c(Br)c1. The molecule has 1 aromatic rings. The van der Waals surface area contributed by atoms with E-state index in [1.165, 1.54) is 6.42 Å². The van der Waals surface area contributed by atoms with Gasteiger partial charge in [-0.15, -0.1) is 0 Å². The van der Waals surface area contributed by atoms with E-state index >= 15 is 0 Å². The van der Waals surface area contributed by atoms with Crippen molar-refractivity contribution < 1.29 is 9.53 Å². The molecule has 0 spiro atoms. The van der Waals surface area contributed by atoms with Crippen molar-refractivity contribution in [1.82, 2.24) is 0 Å². The van der Waals surface area contributed by atoms with Gasteiger partial charge in [-0.25, -0.2) is 0 Å². The van der Waals surface area contributed by atoms with Crippen molar-refractivity contribution >= 4 is 21.7 Å². The Labute approximate surface area is 103 Å². The number of ether oxygens (including phenoxy) is 1. The van der Waals surface area contributed by atoms with Gasteiger partial charge in [-0.2, -0.15) is 0 Å². The molecule has 0 amide bonds. The predicted octanol–water partition coefficient (Wildman–Crippen LogP) is 2.52. The zero-order valence-corrected chi connectivity index (χ0v) is 10.5. The molecule has 0 aliphatic heterocycles. The monoisotopic (exact) mass is 283 g/mol. The third-order valence-electron chi connectivity index (χ3n) is 2.79. The second-order valence-electron chi connectivity index (χ2n) is 3.94. The summed E-state index contributed by atoms with van der Waals surface area (Å²) in [6.45, 7) is 0.0370. The molecule has 0 heterocycles. The lowest BCUT2D eigenvalue weighted by Crippen LogP contribution is -2.24. The molecule has 0 bridgehead atoms. The predicted molar refractivity (Wildman–Crippen MR) is 65.8 cm³/mol. The standard InChI is InChI=1S/C12H14BrNO2/c13-10-6-8(11(15)7-14)4-5-12(10)16-9-2-1-3-9/h4-6,9H,1-3,7,14H2. The lowest BCUT2D eigenvalue weighted by atomic mass is 9.96. The molecule has 1 saturated carbocycles. The summed E-state index contributed by atoms with van der Waals surface area (Å²) in [5.41, 5.74) is 5.93. The summed E-state index contributed by atoms with van der Waals surface area (Å²) < 4.78 is 6.58. The van der Waals surface area contributed by atoms with Gasteiger partial charge in [0.1, 0.15) is 5.75 Å². The van der Waals surface area contributed by atoms with Crippen LogP contribution in [-0.4, -0.2) is 18.4 Å². The first-order valence-electron chi connectivity index (χ1n) is 5.40. The van der Waals surface area contributed by atoms with Crippen LogP contribution in [0, 0.1) is 0 Å². The first-order chi connectivity index (χ1) is 7.70. The molecule has 1 aromatic carbocycles. The highest BCUT2D eigenvalue weighted by molar-refractivity contribution is 9.10. The summed E-state index contributed by atoms with van der Waals surface area (Å²) in [7, 11) is 0. The number of carbonyl (C=O) groups is 1. The van der Waals surface area contributed by atoms with Gasteiger partial charge in [0, 0.05) is 5.56 Å². The fourth-order valence-corrected chi connectivity index (χ4v) is 2.03. The molecule has 2 N–H and O–H groups in total. The van der Waals surface area contributed by atoms with E-state index in [2.05, 4.69) is 15.9 Å². The van der Waals surface area contributed by atoms with E-state index in [0.717, 1.165) is 23.1 Å². The smallest absolute Gasteiger partial charge is 0.176 e. The van der Waals surface area contributed by atoms with E-state index in [1.54, 1.807) is 12.1 Å². The molecule has 1 aliphatic rings. The number of rotatable bonds is 4. The first-order valence-corrected chi connectivity index (χ1v) is 6.19. The molecule has 0 aromatic heterocycles. The molecule has 0 unspecified atom stereocenters. The molecule has 3 nitrogen and oxygen atoms in total. The topological polar surface area (TPSA) is 52.3 Å². The lowest BCUT2D eigenvalue weighted by Gasteiger charge is -2.26. The summed E-state index contributed by atoms with van der Waals surface area (Å²) in [5, 5.41) is 0. The number of carbonyl (C=O) groups excluding carboxylic acids is 1. The van der Waals surface area contributed by atoms with Gasteiger partial charge in [0.25, 0.3) is 0 Å². The Morgan fingerprint density at radius 3 is 2.75 bits per heavy atom. The minimum atomic E-state index is -0.0594. The fourth-order valence-electron chi connectivity index (χ4n) is 1.56. The number of halogens is 1. The first kappa shape index (κ1) is 11.6. The van der Waals surface area contributed by atoms with Crippen molar-refractivity contribution in [2.24, 2.45) is 5.73 Å². The van der Waals surface area contributed by atoms with Crippen LogP contribution < -0.4 is 10.5 Å². The Balaban J connectivity index is 2.12. The molecule has 2 rings (SSSR count). The maximum Gasteiger partial charge on any atom is 0.176 e. The van der Waals surface area contributed by atoms with Crippen LogP contribution in [0.15, 0.2) is 22.7 Å². The van der Waals surface area contributed by atoms with Crippen molar-refractivity contribution in [1.29, 1.82) is 0 Å². The summed E-state index contributed by atoms with van der Waals surface area (Å²) in [6, 6.07) is 5.35. The maximum atomic E-state index is 11.4. The summed E-state index contributed by atoms with van der Waals surface area (Å²) in [6.07, 6.45) is 3.82. The molecule has 1 aliphatic carbocycles. The molecular formula is C12H14BrNO2. The zero-order valence-electron chi connectivity index (χ0n) is 8.91. The molecule has 16 heavy (non-hydrogen) atoms. The van der Waals surface area contributed by atoms with E-state index in [1.807, 2.05) is 6.07 Å². The minimum Gasteiger partial charge on any atom is -0.489 e. The molecule has 0 atom stereocenters. The fraction of sp³-hybridized carbons (Fsp3) is 0.417. The Morgan fingerprint density at radius 1 is 1.50 bits per heavy atom. The van der Waals surface area contributed by atoms with Crippen molar-refractivity contribution in [2.75, 3.05) is 6.54 Å². The largest absolute Gasteiger partial charge is 0.489 e. The Bertz CT molecular complexity index is 402. The summed E-state index contributed by atoms with van der Waals surface area (Å²) >= 11 is 3.41. The highest BCUT2D eigenvalue weighted by Crippen LogP contribution is 2.31. The highest BCUT2D eigenvalue weighted by atomic mass is 79.9. The third-order valence-corrected chi connectivity index (χ3v) is 3.40. The zero-order chi connectivity index (χ0) is 11.5. The van der Waals surface area contributed by atoms with Gasteiger partial charge < -0.3 is 10.5 Å². The molecule has 0 saturated heterocycles. The van der Waals surface area contributed by atoms with E-state index < -0.39 is 0 Å². The van der Waals surface area contributed by atoms with E-state index in [-0.39, 0.29) is 12.3 Å². The van der Waals surface area contributed by atoms with E-state index in [9.17, 15) is 4.79 Å². The molecule has 4 heteroatoms. The van der Waals surface area contributed by atoms with Crippen LogP contribution in [0.4, 0.5) is 0 Å². The van der Waals surface area contributed by atoms with Gasteiger partial charge in [0.05, 0.1) is 17.1 Å². The van der Waals surface area contributed by atoms with Gasteiger partial charge in [-0.1, -0.05) is 0 Å². The number of ketones is 1. The van der Waals surface area contributed by atoms with Crippen LogP contribution in [0.5, 0.6) is 5.75 Å². The normalized spacial score (nSPS) is 15.6. The Morgan fingerprint density at radius 2 is 2.25 bits per heavy atom. The molecule has 86 valence electrons. The number of hydrogen-bond acceptors (Lipinski definition) is 3. The number of Topliss-reactive ketones (excluding diaryl/α,β-unsaturated/α-hetero) is 1. The number of hydrogen-bond donors (Lipinski definition) is 1. The van der Waals surface area contributed by atoms with Crippen LogP contribution in [-0.2, 0) is 0 Å². The van der Waals surface area contributed by atoms with Crippen molar-refractivity contribution in [2.45, 2.75) is 25.4 Å². The van der Waals surface area contributed by atoms with Crippen molar-refractivity contribution in [3.63, 3.8) is 0 Å². The lowest BCUT2D eigenvalue weighted by molar-refractivity contribution is 0.100. The average molecular weight is 284 g/mol. The Hall–Kier alpha value is -0.870. The maximum absolute atomic E-state index is 11.4. The average Bonchev–Trinajstić information content (AvgIpc) is 2.23. The Kier molecular flexibility index (Phi) is 3.61. The van der Waals surface area contributed by atoms with Gasteiger partial charge in [0.15, 0.2) is 5.78 Å². The van der Waals surface area contributed by atoms with Crippen LogP contribution in [0.2, 0.25) is 0 Å². The second-order valence-corrected chi connectivity index (χ2v) is 4.80. The summed E-state index contributed by atoms with van der Waals surface area (Å²) in [4.78, 5) is 11.4. The number of benzene rings is 1. The van der Waals surface area contributed by atoms with Gasteiger partial charge in [0.2, 0.25) is 0 Å². The minimum absolute atomic E-state index is 0.0370. The van der Waals surface area contributed by atoms with Gasteiger partial charge >= 0.3 is 0 Å². The highest BCUT2D eigenvalue weighted by Gasteiger charge is 2.20. The van der Waals surface area contributed by atoms with Crippen LogP contribution in [0.25, 0.3) is 0 Å². The second kappa shape index (κ2) is 4.97. The summed E-state index contributed by atoms with van der Waals surface area (Å²) in [5.74, 6) is 0.745. The number of nitrogens with two attached hydrogens (primary N) is 1. The van der Waals surface area contributed by atoms with E-state index in [0.29, 0.717) is 11.7 Å². The van der Waals surface area contributed by atoms with Gasteiger partial charge in [-0.05, 0) is 53.4 Å². The van der Waals surface area contributed by atoms with Gasteiger partial charge in [-0.3, -0.25) is 4.79 Å². The molecule has 1 fully saturated rings. The van der Waals surface area contributed by atoms with E-state index in [4.69, 9.17) is 10.5 Å². The van der Waals surface area contributed by atoms with Crippen LogP contribution in [0.1, 0.15) is 29.6 Å². The molecule has 0 radical (unpaired) electrons. The quantitative estimate of drug-likeness (QED) is 0.864. The molecular weight excluding hydrogens is 270 g/mol. The third kappa shape index (κ3) is 2.44.